The van der Waals surface area contributed by atoms with E-state index in [1.165, 1.54) is 0 Å². The van der Waals surface area contributed by atoms with Crippen LogP contribution in [0.25, 0.3) is 5.69 Å². The van der Waals surface area contributed by atoms with Gasteiger partial charge in [0.1, 0.15) is 0 Å². The van der Waals surface area contributed by atoms with Gasteiger partial charge in [-0.25, -0.2) is 0 Å². The van der Waals surface area contributed by atoms with Gasteiger partial charge in [0.2, 0.25) is 0 Å². The first kappa shape index (κ1) is 12.5. The summed E-state index contributed by atoms with van der Waals surface area (Å²) in [6.45, 7) is 3.70. The SMILES string of the molecule is CCNc1ccc(-n2nnnc2CN(C)C)cc1. The van der Waals surface area contributed by atoms with Crippen LogP contribution in [0.15, 0.2) is 24.3 Å². The third-order valence-corrected chi connectivity index (χ3v) is 2.48. The highest BCUT2D eigenvalue weighted by molar-refractivity contribution is 5.48. The summed E-state index contributed by atoms with van der Waals surface area (Å²) in [5.41, 5.74) is 2.07. The molecule has 0 atom stereocenters. The molecular formula is C12H18N6. The molecule has 1 aromatic heterocycles. The molecule has 0 saturated carbocycles. The molecule has 0 saturated heterocycles. The zero-order chi connectivity index (χ0) is 13.0. The molecule has 1 N–H and O–H groups in total. The molecule has 0 aliphatic heterocycles. The lowest BCUT2D eigenvalue weighted by molar-refractivity contribution is 0.385. The summed E-state index contributed by atoms with van der Waals surface area (Å²) in [5, 5.41) is 15.0. The molecule has 96 valence electrons. The van der Waals surface area contributed by atoms with E-state index >= 15 is 0 Å². The van der Waals surface area contributed by atoms with Crippen molar-refractivity contribution in [2.45, 2.75) is 13.5 Å². The van der Waals surface area contributed by atoms with Gasteiger partial charge in [-0.2, -0.15) is 4.68 Å². The minimum atomic E-state index is 0.710. The molecular weight excluding hydrogens is 228 g/mol. The minimum absolute atomic E-state index is 0.710. The maximum absolute atomic E-state index is 4.04. The van der Waals surface area contributed by atoms with E-state index in [9.17, 15) is 0 Å². The lowest BCUT2D eigenvalue weighted by atomic mass is 10.3. The first-order valence-corrected chi connectivity index (χ1v) is 5.97. The Morgan fingerprint density at radius 1 is 1.22 bits per heavy atom. The molecule has 6 heteroatoms. The summed E-state index contributed by atoms with van der Waals surface area (Å²) in [6, 6.07) is 8.07. The molecule has 0 aliphatic carbocycles. The minimum Gasteiger partial charge on any atom is -0.385 e. The van der Waals surface area contributed by atoms with Crippen LogP contribution in [0.5, 0.6) is 0 Å². The smallest absolute Gasteiger partial charge is 0.170 e. The van der Waals surface area contributed by atoms with E-state index < -0.39 is 0 Å². The fourth-order valence-electron chi connectivity index (χ4n) is 1.71. The van der Waals surface area contributed by atoms with Gasteiger partial charge in [0.15, 0.2) is 5.82 Å². The van der Waals surface area contributed by atoms with Crippen molar-refractivity contribution in [2.24, 2.45) is 0 Å². The fraction of sp³-hybridized carbons (Fsp3) is 0.417. The molecule has 0 radical (unpaired) electrons. The summed E-state index contributed by atoms with van der Waals surface area (Å²) < 4.78 is 1.76. The Bertz CT molecular complexity index is 488. The molecule has 0 bridgehead atoms. The highest BCUT2D eigenvalue weighted by atomic mass is 15.5. The lowest BCUT2D eigenvalue weighted by Crippen LogP contribution is -2.15. The summed E-state index contributed by atoms with van der Waals surface area (Å²) in [6.07, 6.45) is 0. The summed E-state index contributed by atoms with van der Waals surface area (Å²) in [5.74, 6) is 0.830. The number of nitrogens with zero attached hydrogens (tertiary/aromatic N) is 5. The van der Waals surface area contributed by atoms with Gasteiger partial charge in [0.05, 0.1) is 12.2 Å². The van der Waals surface area contributed by atoms with Crippen molar-refractivity contribution in [3.8, 4) is 5.69 Å². The fourth-order valence-corrected chi connectivity index (χ4v) is 1.71. The van der Waals surface area contributed by atoms with Gasteiger partial charge >= 0.3 is 0 Å². The Morgan fingerprint density at radius 2 is 1.94 bits per heavy atom. The average Bonchev–Trinajstić information content (AvgIpc) is 2.78. The van der Waals surface area contributed by atoms with Crippen molar-refractivity contribution in [1.82, 2.24) is 25.1 Å². The Kier molecular flexibility index (Phi) is 3.88. The number of hydrogen-bond donors (Lipinski definition) is 1. The zero-order valence-corrected chi connectivity index (χ0v) is 11.0. The lowest BCUT2D eigenvalue weighted by Gasteiger charge is -2.10. The Hall–Kier alpha value is -1.95. The number of aromatic nitrogens is 4. The van der Waals surface area contributed by atoms with Crippen LogP contribution in [0, 0.1) is 0 Å². The molecule has 0 fully saturated rings. The van der Waals surface area contributed by atoms with Crippen LogP contribution in [0.2, 0.25) is 0 Å². The van der Waals surface area contributed by atoms with Gasteiger partial charge in [-0.1, -0.05) is 0 Å². The van der Waals surface area contributed by atoms with Gasteiger partial charge < -0.3 is 10.2 Å². The quantitative estimate of drug-likeness (QED) is 0.857. The molecule has 6 nitrogen and oxygen atoms in total. The van der Waals surface area contributed by atoms with Crippen LogP contribution in [-0.4, -0.2) is 45.7 Å². The molecule has 2 aromatic rings. The van der Waals surface area contributed by atoms with Crippen LogP contribution >= 0.6 is 0 Å². The van der Waals surface area contributed by atoms with Gasteiger partial charge in [0.25, 0.3) is 0 Å². The van der Waals surface area contributed by atoms with Crippen LogP contribution in [0.3, 0.4) is 0 Å². The zero-order valence-electron chi connectivity index (χ0n) is 11.0. The summed E-state index contributed by atoms with van der Waals surface area (Å²) in [7, 11) is 3.99. The third-order valence-electron chi connectivity index (χ3n) is 2.48. The van der Waals surface area contributed by atoms with E-state index in [1.807, 2.05) is 43.3 Å². The molecule has 1 heterocycles. The molecule has 0 unspecified atom stereocenters. The van der Waals surface area contributed by atoms with Crippen molar-refractivity contribution in [3.63, 3.8) is 0 Å². The van der Waals surface area contributed by atoms with Crippen LogP contribution < -0.4 is 5.32 Å². The topological polar surface area (TPSA) is 58.9 Å². The number of hydrogen-bond acceptors (Lipinski definition) is 5. The van der Waals surface area contributed by atoms with E-state index in [0.29, 0.717) is 6.54 Å². The number of nitrogens with one attached hydrogen (secondary N) is 1. The van der Waals surface area contributed by atoms with Gasteiger partial charge in [-0.05, 0) is 55.7 Å². The van der Waals surface area contributed by atoms with Gasteiger partial charge in [-0.15, -0.1) is 5.10 Å². The van der Waals surface area contributed by atoms with Crippen molar-refractivity contribution >= 4 is 5.69 Å². The number of benzene rings is 1. The first-order valence-electron chi connectivity index (χ1n) is 5.97. The van der Waals surface area contributed by atoms with E-state index in [0.717, 1.165) is 23.7 Å². The number of tetrazole rings is 1. The maximum Gasteiger partial charge on any atom is 0.170 e. The predicted octanol–water partition coefficient (Wildman–Crippen LogP) is 1.16. The number of anilines is 1. The molecule has 0 aliphatic rings. The predicted molar refractivity (Wildman–Crippen MR) is 70.7 cm³/mol. The van der Waals surface area contributed by atoms with Crippen molar-refractivity contribution in [1.29, 1.82) is 0 Å². The normalized spacial score (nSPS) is 10.9. The van der Waals surface area contributed by atoms with E-state index in [1.54, 1.807) is 4.68 Å². The second kappa shape index (κ2) is 5.59. The molecule has 2 rings (SSSR count). The monoisotopic (exact) mass is 246 g/mol. The average molecular weight is 246 g/mol. The third kappa shape index (κ3) is 2.84. The highest BCUT2D eigenvalue weighted by Crippen LogP contribution is 2.13. The molecule has 0 amide bonds. The second-order valence-electron chi connectivity index (χ2n) is 4.32. The van der Waals surface area contributed by atoms with Crippen LogP contribution in [-0.2, 0) is 6.54 Å². The maximum atomic E-state index is 4.04. The van der Waals surface area contributed by atoms with E-state index in [4.69, 9.17) is 0 Å². The Morgan fingerprint density at radius 3 is 2.56 bits per heavy atom. The van der Waals surface area contributed by atoms with Gasteiger partial charge in [-0.3, -0.25) is 0 Å². The Labute approximate surface area is 107 Å². The van der Waals surface area contributed by atoms with Crippen molar-refractivity contribution < 1.29 is 0 Å². The van der Waals surface area contributed by atoms with Gasteiger partial charge in [0, 0.05) is 12.2 Å². The molecule has 1 aromatic carbocycles. The molecule has 0 spiro atoms. The van der Waals surface area contributed by atoms with Crippen molar-refractivity contribution in [2.75, 3.05) is 26.0 Å². The second-order valence-corrected chi connectivity index (χ2v) is 4.32. The molecule has 18 heavy (non-hydrogen) atoms. The summed E-state index contributed by atoms with van der Waals surface area (Å²) in [4.78, 5) is 2.04. The standard InChI is InChI=1S/C12H18N6/c1-4-13-10-5-7-11(8-6-10)18-12(9-17(2)3)14-15-16-18/h5-8,13H,4,9H2,1-3H3. The highest BCUT2D eigenvalue weighted by Gasteiger charge is 2.08. The summed E-state index contributed by atoms with van der Waals surface area (Å²) >= 11 is 0. The number of rotatable bonds is 5. The van der Waals surface area contributed by atoms with Crippen LogP contribution in [0.4, 0.5) is 5.69 Å². The van der Waals surface area contributed by atoms with E-state index in [-0.39, 0.29) is 0 Å². The van der Waals surface area contributed by atoms with E-state index in [2.05, 4.69) is 27.8 Å². The first-order chi connectivity index (χ1) is 8.70. The Balaban J connectivity index is 2.23. The van der Waals surface area contributed by atoms with Crippen molar-refractivity contribution in [3.05, 3.63) is 30.1 Å². The largest absolute Gasteiger partial charge is 0.385 e. The van der Waals surface area contributed by atoms with Crippen LogP contribution in [0.1, 0.15) is 12.7 Å².